The Balaban J connectivity index is 1.16. The largest absolute Gasteiger partial charge is 0.361 e. The molecule has 1 saturated heterocycles. The van der Waals surface area contributed by atoms with E-state index in [0.29, 0.717) is 37.4 Å². The molecule has 4 aromatic rings. The molecule has 1 aromatic heterocycles. The van der Waals surface area contributed by atoms with Crippen LogP contribution in [0.3, 0.4) is 0 Å². The van der Waals surface area contributed by atoms with Gasteiger partial charge in [-0.3, -0.25) is 4.79 Å². The smallest absolute Gasteiger partial charge is 0.243 e. The molecular formula is C26H27N3O3S. The molecule has 0 bridgehead atoms. The molecule has 0 unspecified atom stereocenters. The van der Waals surface area contributed by atoms with Gasteiger partial charge in [-0.15, -0.1) is 0 Å². The Morgan fingerprint density at radius 2 is 1.70 bits per heavy atom. The summed E-state index contributed by atoms with van der Waals surface area (Å²) in [7, 11) is -3.57. The number of fused-ring (bicyclic) bond motifs is 2. The lowest BCUT2D eigenvalue weighted by Crippen LogP contribution is -2.43. The van der Waals surface area contributed by atoms with Crippen LogP contribution in [0.15, 0.2) is 77.8 Å². The van der Waals surface area contributed by atoms with Crippen molar-refractivity contribution in [1.82, 2.24) is 14.6 Å². The third-order valence-electron chi connectivity index (χ3n) is 6.55. The number of piperidine rings is 1. The Labute approximate surface area is 193 Å². The molecule has 6 nitrogen and oxygen atoms in total. The first-order valence-electron chi connectivity index (χ1n) is 11.3. The number of H-pyrrole nitrogens is 1. The summed E-state index contributed by atoms with van der Waals surface area (Å²) in [4.78, 5) is 16.2. The summed E-state index contributed by atoms with van der Waals surface area (Å²) in [6.45, 7) is 1.28. The summed E-state index contributed by atoms with van der Waals surface area (Å²) < 4.78 is 27.8. The van der Waals surface area contributed by atoms with E-state index < -0.39 is 10.0 Å². The Hall–Kier alpha value is -3.16. The maximum Gasteiger partial charge on any atom is 0.243 e. The quantitative estimate of drug-likeness (QED) is 0.454. The van der Waals surface area contributed by atoms with Crippen LogP contribution in [0.1, 0.15) is 18.4 Å². The van der Waals surface area contributed by atoms with Gasteiger partial charge in [-0.25, -0.2) is 8.42 Å². The molecule has 0 radical (unpaired) electrons. The minimum Gasteiger partial charge on any atom is -0.361 e. The highest BCUT2D eigenvalue weighted by Gasteiger charge is 2.32. The van der Waals surface area contributed by atoms with Crippen molar-refractivity contribution in [2.45, 2.75) is 24.2 Å². The van der Waals surface area contributed by atoms with Crippen LogP contribution in [0.5, 0.6) is 0 Å². The number of amides is 1. The molecular weight excluding hydrogens is 434 g/mol. The Kier molecular flexibility index (Phi) is 5.91. The summed E-state index contributed by atoms with van der Waals surface area (Å²) in [5.41, 5.74) is 2.28. The van der Waals surface area contributed by atoms with Gasteiger partial charge in [-0.2, -0.15) is 4.31 Å². The standard InChI is InChI=1S/C26H27N3O3S/c30-26(27-14-11-22-18-28-25-8-4-3-7-24(22)25)20-12-15-29(16-13-20)33(31,32)23-10-9-19-5-1-2-6-21(19)17-23/h1-10,17-18,20,28H,11-16H2,(H,27,30). The number of benzene rings is 3. The summed E-state index contributed by atoms with van der Waals surface area (Å²) in [6, 6.07) is 21.1. The van der Waals surface area contributed by atoms with Crippen LogP contribution in [-0.2, 0) is 21.2 Å². The fourth-order valence-corrected chi connectivity index (χ4v) is 6.14. The van der Waals surface area contributed by atoms with Gasteiger partial charge in [0.1, 0.15) is 0 Å². The number of nitrogens with zero attached hydrogens (tertiary/aromatic N) is 1. The van der Waals surface area contributed by atoms with Gasteiger partial charge >= 0.3 is 0 Å². The van der Waals surface area contributed by atoms with Crippen molar-refractivity contribution in [3.8, 4) is 0 Å². The molecule has 2 heterocycles. The van der Waals surface area contributed by atoms with Crippen LogP contribution >= 0.6 is 0 Å². The zero-order valence-corrected chi connectivity index (χ0v) is 19.1. The lowest BCUT2D eigenvalue weighted by molar-refractivity contribution is -0.126. The third-order valence-corrected chi connectivity index (χ3v) is 8.45. The van der Waals surface area contributed by atoms with Crippen LogP contribution in [0, 0.1) is 5.92 Å². The Morgan fingerprint density at radius 1 is 0.970 bits per heavy atom. The average molecular weight is 462 g/mol. The second-order valence-corrected chi connectivity index (χ2v) is 10.5. The van der Waals surface area contributed by atoms with E-state index in [4.69, 9.17) is 0 Å². The van der Waals surface area contributed by atoms with Crippen molar-refractivity contribution in [2.75, 3.05) is 19.6 Å². The maximum absolute atomic E-state index is 13.1. The summed E-state index contributed by atoms with van der Waals surface area (Å²) in [5, 5.41) is 6.14. The minimum atomic E-state index is -3.57. The van der Waals surface area contributed by atoms with E-state index in [0.717, 1.165) is 22.7 Å². The van der Waals surface area contributed by atoms with Crippen molar-refractivity contribution in [1.29, 1.82) is 0 Å². The number of sulfonamides is 1. The minimum absolute atomic E-state index is 0.0117. The molecule has 0 aliphatic carbocycles. The van der Waals surface area contributed by atoms with Crippen LogP contribution in [0.25, 0.3) is 21.7 Å². The first-order chi connectivity index (χ1) is 16.0. The third kappa shape index (κ3) is 4.38. The van der Waals surface area contributed by atoms with E-state index >= 15 is 0 Å². The molecule has 2 N–H and O–H groups in total. The first kappa shape index (κ1) is 21.7. The van der Waals surface area contributed by atoms with Crippen LogP contribution < -0.4 is 5.32 Å². The fraction of sp³-hybridized carbons (Fsp3) is 0.269. The molecule has 170 valence electrons. The molecule has 1 aliphatic rings. The van der Waals surface area contributed by atoms with E-state index in [1.807, 2.05) is 54.7 Å². The molecule has 33 heavy (non-hydrogen) atoms. The van der Waals surface area contributed by atoms with E-state index in [-0.39, 0.29) is 11.8 Å². The molecule has 7 heteroatoms. The summed E-state index contributed by atoms with van der Waals surface area (Å²) >= 11 is 0. The second kappa shape index (κ2) is 9.00. The van der Waals surface area contributed by atoms with Crippen molar-refractivity contribution in [3.63, 3.8) is 0 Å². The number of rotatable bonds is 6. The van der Waals surface area contributed by atoms with E-state index in [1.165, 1.54) is 15.3 Å². The number of hydrogen-bond donors (Lipinski definition) is 2. The fourth-order valence-electron chi connectivity index (χ4n) is 4.64. The molecule has 1 aliphatic heterocycles. The van der Waals surface area contributed by atoms with Gasteiger partial charge in [0.05, 0.1) is 4.90 Å². The van der Waals surface area contributed by atoms with Crippen LogP contribution in [0.2, 0.25) is 0 Å². The van der Waals surface area contributed by atoms with Crippen LogP contribution in [-0.4, -0.2) is 43.2 Å². The van der Waals surface area contributed by atoms with Gasteiger partial charge < -0.3 is 10.3 Å². The van der Waals surface area contributed by atoms with Crippen molar-refractivity contribution >= 4 is 37.6 Å². The van der Waals surface area contributed by atoms with Gasteiger partial charge in [-0.05, 0) is 53.8 Å². The summed E-state index contributed by atoms with van der Waals surface area (Å²) in [6.07, 6.45) is 3.81. The molecule has 0 spiro atoms. The lowest BCUT2D eigenvalue weighted by Gasteiger charge is -2.30. The second-order valence-electron chi connectivity index (χ2n) is 8.59. The molecule has 1 amide bonds. The number of para-hydroxylation sites is 1. The average Bonchev–Trinajstić information content (AvgIpc) is 3.27. The van der Waals surface area contributed by atoms with Crippen molar-refractivity contribution in [3.05, 3.63) is 78.5 Å². The Morgan fingerprint density at radius 3 is 2.52 bits per heavy atom. The predicted molar refractivity (Wildman–Crippen MR) is 130 cm³/mol. The number of nitrogens with one attached hydrogen (secondary N) is 2. The van der Waals surface area contributed by atoms with E-state index in [1.54, 1.807) is 12.1 Å². The predicted octanol–water partition coefficient (Wildman–Crippen LogP) is 4.08. The number of aromatic nitrogens is 1. The van der Waals surface area contributed by atoms with Gasteiger partial charge in [0, 0.05) is 42.7 Å². The molecule has 5 rings (SSSR count). The zero-order chi connectivity index (χ0) is 22.8. The van der Waals surface area contributed by atoms with Gasteiger partial charge in [0.15, 0.2) is 0 Å². The number of hydrogen-bond acceptors (Lipinski definition) is 3. The molecule has 3 aromatic carbocycles. The number of aromatic amines is 1. The number of carbonyl (C=O) groups is 1. The number of carbonyl (C=O) groups excluding carboxylic acids is 1. The topological polar surface area (TPSA) is 82.3 Å². The molecule has 0 atom stereocenters. The lowest BCUT2D eigenvalue weighted by atomic mass is 9.97. The van der Waals surface area contributed by atoms with Crippen molar-refractivity contribution < 1.29 is 13.2 Å². The van der Waals surface area contributed by atoms with E-state index in [2.05, 4.69) is 16.4 Å². The Bertz CT molecular complexity index is 1400. The highest BCUT2D eigenvalue weighted by Crippen LogP contribution is 2.26. The first-order valence-corrected chi connectivity index (χ1v) is 12.8. The maximum atomic E-state index is 13.1. The van der Waals surface area contributed by atoms with Crippen molar-refractivity contribution in [2.24, 2.45) is 5.92 Å². The van der Waals surface area contributed by atoms with Crippen LogP contribution in [0.4, 0.5) is 0 Å². The molecule has 1 fully saturated rings. The summed E-state index contributed by atoms with van der Waals surface area (Å²) in [5.74, 6) is -0.145. The van der Waals surface area contributed by atoms with Gasteiger partial charge in [0.2, 0.25) is 15.9 Å². The normalized spacial score (nSPS) is 15.8. The van der Waals surface area contributed by atoms with Gasteiger partial charge in [0.25, 0.3) is 0 Å². The highest BCUT2D eigenvalue weighted by atomic mass is 32.2. The molecule has 0 saturated carbocycles. The SMILES string of the molecule is O=C(NCCc1c[nH]c2ccccc12)C1CCN(S(=O)(=O)c2ccc3ccccc3c2)CC1. The zero-order valence-electron chi connectivity index (χ0n) is 18.3. The van der Waals surface area contributed by atoms with E-state index in [9.17, 15) is 13.2 Å². The van der Waals surface area contributed by atoms with Gasteiger partial charge in [-0.1, -0.05) is 48.5 Å². The monoisotopic (exact) mass is 461 g/mol. The highest BCUT2D eigenvalue weighted by molar-refractivity contribution is 7.89.